The number of nitrogens with zero attached hydrogens (tertiary/aromatic N) is 1. The largest absolute Gasteiger partial charge is 0.495 e. The van der Waals surface area contributed by atoms with Crippen molar-refractivity contribution in [1.29, 1.82) is 5.26 Å². The van der Waals surface area contributed by atoms with Crippen molar-refractivity contribution >= 4 is 27.5 Å². The van der Waals surface area contributed by atoms with E-state index in [-0.39, 0.29) is 0 Å². The molecule has 0 fully saturated rings. The zero-order valence-corrected chi connectivity index (χ0v) is 12.8. The second kappa shape index (κ2) is 5.93. The third kappa shape index (κ3) is 3.38. The van der Waals surface area contributed by atoms with E-state index < -0.39 is 11.3 Å². The van der Waals surface area contributed by atoms with Crippen LogP contribution in [0.5, 0.6) is 11.5 Å². The van der Waals surface area contributed by atoms with Gasteiger partial charge in [-0.15, -0.1) is 0 Å². The second-order valence-electron chi connectivity index (χ2n) is 4.38. The lowest BCUT2D eigenvalue weighted by Gasteiger charge is -2.17. The number of carbonyl (C=O) groups excluding carboxylic acids is 1. The number of methoxy groups -OCH3 is 2. The first-order valence-corrected chi connectivity index (χ1v) is 6.29. The lowest BCUT2D eigenvalue weighted by molar-refractivity contribution is -0.121. The monoisotopic (exact) mass is 326 g/mol. The van der Waals surface area contributed by atoms with Crippen molar-refractivity contribution in [3.63, 3.8) is 0 Å². The van der Waals surface area contributed by atoms with Gasteiger partial charge in [-0.3, -0.25) is 4.79 Å². The molecule has 0 aliphatic heterocycles. The van der Waals surface area contributed by atoms with Crippen LogP contribution in [-0.4, -0.2) is 20.1 Å². The fourth-order valence-corrected chi connectivity index (χ4v) is 1.79. The number of benzene rings is 1. The molecule has 1 rings (SSSR count). The normalized spacial score (nSPS) is 10.5. The molecule has 1 aromatic carbocycles. The van der Waals surface area contributed by atoms with E-state index in [4.69, 9.17) is 14.7 Å². The summed E-state index contributed by atoms with van der Waals surface area (Å²) in [6.45, 7) is 3.10. The Morgan fingerprint density at radius 1 is 1.32 bits per heavy atom. The minimum atomic E-state index is -1.11. The van der Waals surface area contributed by atoms with Gasteiger partial charge in [0.25, 0.3) is 0 Å². The van der Waals surface area contributed by atoms with Gasteiger partial charge in [-0.2, -0.15) is 5.26 Å². The van der Waals surface area contributed by atoms with Crippen molar-refractivity contribution in [1.82, 2.24) is 0 Å². The molecule has 1 N–H and O–H groups in total. The standard InChI is InChI=1S/C13H15BrN2O3/c1-13(2,7-15)12(17)16-9-5-8(14)10(18-3)6-11(9)19-4/h5-6H,1-4H3,(H,16,17). The molecule has 1 aromatic rings. The molecule has 0 heterocycles. The highest BCUT2D eigenvalue weighted by Gasteiger charge is 2.28. The Labute approximate surface area is 120 Å². The topological polar surface area (TPSA) is 71.3 Å². The van der Waals surface area contributed by atoms with Gasteiger partial charge in [0.15, 0.2) is 0 Å². The number of anilines is 1. The Bertz CT molecular complexity index is 535. The third-order valence-corrected chi connectivity index (χ3v) is 3.19. The first-order valence-electron chi connectivity index (χ1n) is 5.50. The molecule has 0 aromatic heterocycles. The van der Waals surface area contributed by atoms with E-state index in [1.54, 1.807) is 26.0 Å². The fourth-order valence-electron chi connectivity index (χ4n) is 1.29. The van der Waals surface area contributed by atoms with Crippen molar-refractivity contribution in [3.05, 3.63) is 16.6 Å². The molecule has 6 heteroatoms. The van der Waals surface area contributed by atoms with Gasteiger partial charge in [0, 0.05) is 6.07 Å². The maximum Gasteiger partial charge on any atom is 0.244 e. The van der Waals surface area contributed by atoms with Crippen LogP contribution in [0.1, 0.15) is 13.8 Å². The van der Waals surface area contributed by atoms with Crippen LogP contribution in [0.4, 0.5) is 5.69 Å². The number of amides is 1. The van der Waals surface area contributed by atoms with Crippen molar-refractivity contribution in [2.75, 3.05) is 19.5 Å². The number of hydrogen-bond acceptors (Lipinski definition) is 4. The summed E-state index contributed by atoms with van der Waals surface area (Å²) < 4.78 is 11.0. The number of nitrogens with one attached hydrogen (secondary N) is 1. The summed E-state index contributed by atoms with van der Waals surface area (Å²) in [7, 11) is 3.03. The van der Waals surface area contributed by atoms with Crippen LogP contribution >= 0.6 is 15.9 Å². The average molecular weight is 327 g/mol. The Balaban J connectivity index is 3.12. The number of ether oxygens (including phenoxy) is 2. The maximum absolute atomic E-state index is 12.0. The lowest BCUT2D eigenvalue weighted by atomic mass is 9.94. The van der Waals surface area contributed by atoms with Crippen LogP contribution in [0.15, 0.2) is 16.6 Å². The molecular weight excluding hydrogens is 312 g/mol. The van der Waals surface area contributed by atoms with E-state index in [1.807, 2.05) is 6.07 Å². The van der Waals surface area contributed by atoms with E-state index >= 15 is 0 Å². The van der Waals surface area contributed by atoms with E-state index in [0.717, 1.165) is 0 Å². The average Bonchev–Trinajstić information content (AvgIpc) is 2.39. The van der Waals surface area contributed by atoms with Gasteiger partial charge in [0.1, 0.15) is 16.9 Å². The summed E-state index contributed by atoms with van der Waals surface area (Å²) in [5.41, 5.74) is -0.638. The van der Waals surface area contributed by atoms with E-state index in [2.05, 4.69) is 21.2 Å². The fraction of sp³-hybridized carbons (Fsp3) is 0.385. The summed E-state index contributed by atoms with van der Waals surface area (Å²) in [5, 5.41) is 11.6. The minimum Gasteiger partial charge on any atom is -0.495 e. The van der Waals surface area contributed by atoms with Crippen LogP contribution in [0.3, 0.4) is 0 Å². The van der Waals surface area contributed by atoms with Crippen LogP contribution in [0.2, 0.25) is 0 Å². The van der Waals surface area contributed by atoms with Crippen molar-refractivity contribution in [2.45, 2.75) is 13.8 Å². The van der Waals surface area contributed by atoms with Crippen LogP contribution < -0.4 is 14.8 Å². The molecule has 1 amide bonds. The molecule has 102 valence electrons. The lowest BCUT2D eigenvalue weighted by Crippen LogP contribution is -2.29. The zero-order chi connectivity index (χ0) is 14.6. The molecule has 0 radical (unpaired) electrons. The molecule has 19 heavy (non-hydrogen) atoms. The highest BCUT2D eigenvalue weighted by atomic mass is 79.9. The number of halogens is 1. The van der Waals surface area contributed by atoms with Crippen LogP contribution in [0.25, 0.3) is 0 Å². The Morgan fingerprint density at radius 2 is 1.89 bits per heavy atom. The SMILES string of the molecule is COc1cc(OC)c(NC(=O)C(C)(C)C#N)cc1Br. The predicted octanol–water partition coefficient (Wildman–Crippen LogP) is 2.95. The quantitative estimate of drug-likeness (QED) is 0.923. The first-order chi connectivity index (χ1) is 8.85. The molecule has 0 atom stereocenters. The van der Waals surface area contributed by atoms with Crippen molar-refractivity contribution in [2.24, 2.45) is 5.41 Å². The van der Waals surface area contributed by atoms with E-state index in [1.165, 1.54) is 14.2 Å². The molecule has 0 saturated carbocycles. The minimum absolute atomic E-state index is 0.398. The highest BCUT2D eigenvalue weighted by molar-refractivity contribution is 9.10. The third-order valence-electron chi connectivity index (χ3n) is 2.57. The second-order valence-corrected chi connectivity index (χ2v) is 5.23. The molecule has 0 aliphatic rings. The zero-order valence-electron chi connectivity index (χ0n) is 11.2. The molecular formula is C13H15BrN2O3. The number of nitriles is 1. The Morgan fingerprint density at radius 3 is 2.37 bits per heavy atom. The van der Waals surface area contributed by atoms with Crippen molar-refractivity contribution in [3.8, 4) is 17.6 Å². The Hall–Kier alpha value is -1.74. The number of carbonyl (C=O) groups is 1. The number of hydrogen-bond donors (Lipinski definition) is 1. The van der Waals surface area contributed by atoms with Gasteiger partial charge >= 0.3 is 0 Å². The van der Waals surface area contributed by atoms with Gasteiger partial charge < -0.3 is 14.8 Å². The van der Waals surface area contributed by atoms with Crippen LogP contribution in [0, 0.1) is 16.7 Å². The molecule has 5 nitrogen and oxygen atoms in total. The summed E-state index contributed by atoms with van der Waals surface area (Å²) in [6, 6.07) is 5.27. The van der Waals surface area contributed by atoms with Gasteiger partial charge in [-0.05, 0) is 35.8 Å². The van der Waals surface area contributed by atoms with Crippen molar-refractivity contribution < 1.29 is 14.3 Å². The highest BCUT2D eigenvalue weighted by Crippen LogP contribution is 2.36. The predicted molar refractivity (Wildman–Crippen MR) is 75.3 cm³/mol. The van der Waals surface area contributed by atoms with Gasteiger partial charge in [0.2, 0.25) is 5.91 Å². The van der Waals surface area contributed by atoms with Gasteiger partial charge in [-0.1, -0.05) is 0 Å². The molecule has 0 saturated heterocycles. The van der Waals surface area contributed by atoms with E-state index in [0.29, 0.717) is 21.7 Å². The smallest absolute Gasteiger partial charge is 0.244 e. The number of rotatable bonds is 4. The first kappa shape index (κ1) is 15.3. The van der Waals surface area contributed by atoms with Gasteiger partial charge in [-0.25, -0.2) is 0 Å². The summed E-state index contributed by atoms with van der Waals surface area (Å²) >= 11 is 3.33. The maximum atomic E-state index is 12.0. The summed E-state index contributed by atoms with van der Waals surface area (Å²) in [5.74, 6) is 0.655. The van der Waals surface area contributed by atoms with E-state index in [9.17, 15) is 4.79 Å². The Kier molecular flexibility index (Phi) is 4.78. The summed E-state index contributed by atoms with van der Waals surface area (Å²) in [6.07, 6.45) is 0. The summed E-state index contributed by atoms with van der Waals surface area (Å²) in [4.78, 5) is 12.0. The molecule has 0 aliphatic carbocycles. The van der Waals surface area contributed by atoms with Crippen LogP contribution in [-0.2, 0) is 4.79 Å². The molecule has 0 spiro atoms. The van der Waals surface area contributed by atoms with Gasteiger partial charge in [0.05, 0.1) is 30.4 Å². The molecule has 0 unspecified atom stereocenters. The molecule has 0 bridgehead atoms.